The fraction of sp³-hybridized carbons (Fsp3) is 0.600. The lowest BCUT2D eigenvalue weighted by molar-refractivity contribution is 0.153. The maximum Gasteiger partial charge on any atom is 0.240 e. The van der Waals surface area contributed by atoms with Gasteiger partial charge in [0, 0.05) is 0 Å². The first-order valence-corrected chi connectivity index (χ1v) is 8.91. The zero-order valence-corrected chi connectivity index (χ0v) is 13.2. The summed E-state index contributed by atoms with van der Waals surface area (Å²) in [5.41, 5.74) is 5.82. The summed E-state index contributed by atoms with van der Waals surface area (Å²) < 4.78 is 31.4. The average Bonchev–Trinajstić information content (AvgIpc) is 2.53. The lowest BCUT2D eigenvalue weighted by Gasteiger charge is -2.30. The van der Waals surface area contributed by atoms with E-state index in [0.717, 1.165) is 6.42 Å². The van der Waals surface area contributed by atoms with Crippen LogP contribution in [0.1, 0.15) is 25.7 Å². The monoisotopic (exact) mass is 312 g/mol. The Bertz CT molecular complexity index is 543. The predicted octanol–water partition coefficient (Wildman–Crippen LogP) is 1.74. The second-order valence-corrected chi connectivity index (χ2v) is 7.42. The number of nitrogens with one attached hydrogen (secondary N) is 1. The molecule has 0 saturated heterocycles. The number of sulfonamides is 1. The Kier molecular flexibility index (Phi) is 5.61. The van der Waals surface area contributed by atoms with Crippen molar-refractivity contribution >= 4 is 10.0 Å². The van der Waals surface area contributed by atoms with E-state index in [1.165, 1.54) is 26.3 Å². The quantitative estimate of drug-likeness (QED) is 0.838. The highest BCUT2D eigenvalue weighted by molar-refractivity contribution is 7.89. The van der Waals surface area contributed by atoms with Gasteiger partial charge in [-0.05, 0) is 62.5 Å². The van der Waals surface area contributed by atoms with Crippen LogP contribution in [0.4, 0.5) is 0 Å². The minimum atomic E-state index is -3.39. The van der Waals surface area contributed by atoms with Crippen LogP contribution < -0.4 is 15.2 Å². The molecule has 1 aromatic carbocycles. The molecule has 0 bridgehead atoms. The molecule has 0 spiro atoms. The third-order valence-corrected chi connectivity index (χ3v) is 5.67. The Hall–Kier alpha value is -1.11. The average molecular weight is 312 g/mol. The zero-order chi connectivity index (χ0) is 15.3. The Morgan fingerprint density at radius 2 is 1.81 bits per heavy atom. The number of ether oxygens (including phenoxy) is 1. The van der Waals surface area contributed by atoms with E-state index < -0.39 is 10.0 Å². The molecule has 0 heterocycles. The van der Waals surface area contributed by atoms with Crippen LogP contribution in [0.15, 0.2) is 29.2 Å². The van der Waals surface area contributed by atoms with Gasteiger partial charge < -0.3 is 10.5 Å². The van der Waals surface area contributed by atoms with Gasteiger partial charge in [0.1, 0.15) is 5.75 Å². The van der Waals surface area contributed by atoms with E-state index >= 15 is 0 Å². The van der Waals surface area contributed by atoms with Gasteiger partial charge in [-0.2, -0.15) is 0 Å². The molecule has 1 aliphatic carbocycles. The molecule has 2 rings (SSSR count). The van der Waals surface area contributed by atoms with Crippen LogP contribution in [0.2, 0.25) is 0 Å². The summed E-state index contributed by atoms with van der Waals surface area (Å²) in [4.78, 5) is 0.245. The molecule has 0 radical (unpaired) electrons. The molecule has 2 atom stereocenters. The SMILES string of the molecule is CNS(=O)(=O)c1ccc(OCC2CCCCC2CN)cc1. The van der Waals surface area contributed by atoms with Crippen molar-refractivity contribution in [1.82, 2.24) is 4.72 Å². The second-order valence-electron chi connectivity index (χ2n) is 5.53. The highest BCUT2D eigenvalue weighted by Gasteiger charge is 2.24. The van der Waals surface area contributed by atoms with Crippen molar-refractivity contribution in [2.24, 2.45) is 17.6 Å². The molecule has 118 valence electrons. The van der Waals surface area contributed by atoms with Crippen LogP contribution in [-0.2, 0) is 10.0 Å². The Labute approximate surface area is 126 Å². The Morgan fingerprint density at radius 3 is 2.38 bits per heavy atom. The molecular weight excluding hydrogens is 288 g/mol. The lowest BCUT2D eigenvalue weighted by atomic mass is 9.80. The fourth-order valence-electron chi connectivity index (χ4n) is 2.85. The van der Waals surface area contributed by atoms with Crippen molar-refractivity contribution < 1.29 is 13.2 Å². The summed E-state index contributed by atoms with van der Waals surface area (Å²) in [6, 6.07) is 6.51. The lowest BCUT2D eigenvalue weighted by Crippen LogP contribution is -2.30. The van der Waals surface area contributed by atoms with Gasteiger partial charge in [0.2, 0.25) is 10.0 Å². The van der Waals surface area contributed by atoms with E-state index in [1.807, 2.05) is 0 Å². The smallest absolute Gasteiger partial charge is 0.240 e. The van der Waals surface area contributed by atoms with Crippen LogP contribution in [-0.4, -0.2) is 28.6 Å². The highest BCUT2D eigenvalue weighted by Crippen LogP contribution is 2.30. The van der Waals surface area contributed by atoms with Crippen molar-refractivity contribution in [2.45, 2.75) is 30.6 Å². The third-order valence-electron chi connectivity index (χ3n) is 4.24. The van der Waals surface area contributed by atoms with E-state index in [9.17, 15) is 8.42 Å². The minimum absolute atomic E-state index is 0.245. The topological polar surface area (TPSA) is 81.4 Å². The first kappa shape index (κ1) is 16.3. The van der Waals surface area contributed by atoms with Gasteiger partial charge in [0.05, 0.1) is 11.5 Å². The van der Waals surface area contributed by atoms with E-state index in [1.54, 1.807) is 24.3 Å². The van der Waals surface area contributed by atoms with Gasteiger partial charge in [-0.3, -0.25) is 0 Å². The van der Waals surface area contributed by atoms with Crippen LogP contribution in [0.5, 0.6) is 5.75 Å². The standard InChI is InChI=1S/C15H24N2O3S/c1-17-21(18,19)15-8-6-14(7-9-15)20-11-13-5-3-2-4-12(13)10-16/h6-9,12-13,17H,2-5,10-11,16H2,1H3. The molecule has 6 heteroatoms. The van der Waals surface area contributed by atoms with E-state index in [2.05, 4.69) is 4.72 Å². The van der Waals surface area contributed by atoms with Crippen molar-refractivity contribution in [3.63, 3.8) is 0 Å². The maximum absolute atomic E-state index is 11.6. The molecule has 1 aliphatic rings. The number of benzene rings is 1. The molecule has 3 N–H and O–H groups in total. The van der Waals surface area contributed by atoms with Crippen LogP contribution >= 0.6 is 0 Å². The molecule has 0 amide bonds. The van der Waals surface area contributed by atoms with Crippen molar-refractivity contribution in [1.29, 1.82) is 0 Å². The first-order valence-electron chi connectivity index (χ1n) is 7.43. The normalized spacial score (nSPS) is 23.0. The highest BCUT2D eigenvalue weighted by atomic mass is 32.2. The van der Waals surface area contributed by atoms with E-state index in [0.29, 0.717) is 30.7 Å². The summed E-state index contributed by atoms with van der Waals surface area (Å²) in [6.07, 6.45) is 4.84. The van der Waals surface area contributed by atoms with Gasteiger partial charge in [-0.1, -0.05) is 12.8 Å². The van der Waals surface area contributed by atoms with Crippen molar-refractivity contribution in [3.05, 3.63) is 24.3 Å². The summed E-state index contributed by atoms with van der Waals surface area (Å²) in [5, 5.41) is 0. The molecule has 21 heavy (non-hydrogen) atoms. The predicted molar refractivity (Wildman–Crippen MR) is 82.7 cm³/mol. The Morgan fingerprint density at radius 1 is 1.19 bits per heavy atom. The number of rotatable bonds is 6. The first-order chi connectivity index (χ1) is 10.1. The second kappa shape index (κ2) is 7.24. The van der Waals surface area contributed by atoms with Crippen molar-refractivity contribution in [3.8, 4) is 5.75 Å². The molecule has 1 saturated carbocycles. The molecule has 1 aromatic rings. The van der Waals surface area contributed by atoms with E-state index in [-0.39, 0.29) is 4.90 Å². The largest absolute Gasteiger partial charge is 0.493 e. The maximum atomic E-state index is 11.6. The summed E-state index contributed by atoms with van der Waals surface area (Å²) in [7, 11) is -1.99. The Balaban J connectivity index is 1.94. The van der Waals surface area contributed by atoms with Crippen LogP contribution in [0, 0.1) is 11.8 Å². The minimum Gasteiger partial charge on any atom is -0.493 e. The van der Waals surface area contributed by atoms with Gasteiger partial charge in [0.25, 0.3) is 0 Å². The molecule has 5 nitrogen and oxygen atoms in total. The zero-order valence-electron chi connectivity index (χ0n) is 12.4. The van der Waals surface area contributed by atoms with Gasteiger partial charge in [0.15, 0.2) is 0 Å². The van der Waals surface area contributed by atoms with Crippen molar-refractivity contribution in [2.75, 3.05) is 20.2 Å². The van der Waals surface area contributed by atoms with Gasteiger partial charge in [-0.15, -0.1) is 0 Å². The number of nitrogens with two attached hydrogens (primary N) is 1. The van der Waals surface area contributed by atoms with Crippen LogP contribution in [0.25, 0.3) is 0 Å². The fourth-order valence-corrected chi connectivity index (χ4v) is 3.58. The van der Waals surface area contributed by atoms with Gasteiger partial charge in [-0.25, -0.2) is 13.1 Å². The number of hydrogen-bond acceptors (Lipinski definition) is 4. The summed E-state index contributed by atoms with van der Waals surface area (Å²) in [5.74, 6) is 1.75. The van der Waals surface area contributed by atoms with Gasteiger partial charge >= 0.3 is 0 Å². The van der Waals surface area contributed by atoms with E-state index in [4.69, 9.17) is 10.5 Å². The summed E-state index contributed by atoms with van der Waals surface area (Å²) in [6.45, 7) is 1.37. The molecular formula is C15H24N2O3S. The third kappa shape index (κ3) is 4.18. The molecule has 0 aromatic heterocycles. The molecule has 0 aliphatic heterocycles. The van der Waals surface area contributed by atoms with Crippen LogP contribution in [0.3, 0.4) is 0 Å². The number of hydrogen-bond donors (Lipinski definition) is 2. The molecule has 2 unspecified atom stereocenters. The molecule has 1 fully saturated rings. The summed E-state index contributed by atoms with van der Waals surface area (Å²) >= 11 is 0.